The van der Waals surface area contributed by atoms with E-state index in [1.807, 2.05) is 42.5 Å². The van der Waals surface area contributed by atoms with E-state index >= 15 is 0 Å². The number of carbonyl (C=O) groups is 2. The van der Waals surface area contributed by atoms with Gasteiger partial charge in [0.15, 0.2) is 0 Å². The number of amides is 2. The van der Waals surface area contributed by atoms with E-state index in [4.69, 9.17) is 5.11 Å². The Hall–Kier alpha value is -2.82. The summed E-state index contributed by atoms with van der Waals surface area (Å²) >= 11 is 0. The highest BCUT2D eigenvalue weighted by Crippen LogP contribution is 2.27. The molecule has 0 unspecified atom stereocenters. The Bertz CT molecular complexity index is 612. The number of hydrogen-bond donors (Lipinski definition) is 3. The first-order valence-corrected chi connectivity index (χ1v) is 6.08. The molecular formula is C15H14N2O3. The lowest BCUT2D eigenvalue weighted by molar-refractivity contribution is -0.135. The van der Waals surface area contributed by atoms with Gasteiger partial charge in [-0.2, -0.15) is 0 Å². The maximum Gasteiger partial charge on any atom is 0.323 e. The molecule has 0 radical (unpaired) electrons. The molecule has 5 heteroatoms. The molecule has 0 aliphatic rings. The van der Waals surface area contributed by atoms with Crippen LogP contribution in [0.4, 0.5) is 10.5 Å². The van der Waals surface area contributed by atoms with Gasteiger partial charge in [0.1, 0.15) is 6.54 Å². The number of para-hydroxylation sites is 1. The second-order valence-corrected chi connectivity index (χ2v) is 4.11. The molecule has 0 saturated carbocycles. The van der Waals surface area contributed by atoms with Gasteiger partial charge in [-0.1, -0.05) is 48.5 Å². The summed E-state index contributed by atoms with van der Waals surface area (Å²) in [7, 11) is 0. The van der Waals surface area contributed by atoms with Crippen molar-refractivity contribution in [2.24, 2.45) is 0 Å². The first kappa shape index (κ1) is 13.6. The average Bonchev–Trinajstić information content (AvgIpc) is 2.47. The summed E-state index contributed by atoms with van der Waals surface area (Å²) in [5.41, 5.74) is 2.47. The van der Waals surface area contributed by atoms with E-state index in [1.165, 1.54) is 0 Å². The number of rotatable bonds is 4. The molecule has 2 aromatic carbocycles. The molecule has 0 spiro atoms. The monoisotopic (exact) mass is 270 g/mol. The summed E-state index contributed by atoms with van der Waals surface area (Å²) in [6.45, 7) is -0.417. The molecule has 3 N–H and O–H groups in total. The van der Waals surface area contributed by atoms with E-state index in [9.17, 15) is 9.59 Å². The molecule has 0 heterocycles. The van der Waals surface area contributed by atoms with Gasteiger partial charge in [-0.25, -0.2) is 4.79 Å². The van der Waals surface area contributed by atoms with Gasteiger partial charge in [0.2, 0.25) is 0 Å². The van der Waals surface area contributed by atoms with Crippen LogP contribution in [0.25, 0.3) is 11.1 Å². The Labute approximate surface area is 116 Å². The Morgan fingerprint density at radius 2 is 1.60 bits per heavy atom. The molecule has 0 aliphatic heterocycles. The average molecular weight is 270 g/mol. The lowest BCUT2D eigenvalue weighted by Gasteiger charge is -2.11. The molecular weight excluding hydrogens is 256 g/mol. The van der Waals surface area contributed by atoms with Crippen LogP contribution in [-0.4, -0.2) is 23.7 Å². The standard InChI is InChI=1S/C15H14N2O3/c18-14(19)10-16-15(20)17-13-9-5-4-8-12(13)11-6-2-1-3-7-11/h1-9H,10H2,(H,18,19)(H2,16,17,20). The zero-order valence-corrected chi connectivity index (χ0v) is 10.7. The van der Waals surface area contributed by atoms with Crippen molar-refractivity contribution in [3.8, 4) is 11.1 Å². The fourth-order valence-corrected chi connectivity index (χ4v) is 1.78. The third-order valence-electron chi connectivity index (χ3n) is 2.66. The first-order chi connectivity index (χ1) is 9.66. The van der Waals surface area contributed by atoms with E-state index in [2.05, 4.69) is 10.6 Å². The Balaban J connectivity index is 2.17. The van der Waals surface area contributed by atoms with Crippen LogP contribution in [0.15, 0.2) is 54.6 Å². The van der Waals surface area contributed by atoms with Crippen LogP contribution in [0.2, 0.25) is 0 Å². The first-order valence-electron chi connectivity index (χ1n) is 6.08. The maximum absolute atomic E-state index is 11.6. The molecule has 0 aromatic heterocycles. The molecule has 2 aromatic rings. The van der Waals surface area contributed by atoms with Gasteiger partial charge in [-0.15, -0.1) is 0 Å². The number of urea groups is 1. The van der Waals surface area contributed by atoms with Gasteiger partial charge in [-0.05, 0) is 11.6 Å². The number of anilines is 1. The molecule has 0 atom stereocenters. The topological polar surface area (TPSA) is 78.4 Å². The van der Waals surface area contributed by atoms with Crippen LogP contribution in [0, 0.1) is 0 Å². The van der Waals surface area contributed by atoms with Crippen molar-refractivity contribution in [2.45, 2.75) is 0 Å². The predicted molar refractivity (Wildman–Crippen MR) is 76.5 cm³/mol. The number of carboxylic acids is 1. The van der Waals surface area contributed by atoms with E-state index in [0.717, 1.165) is 11.1 Å². The quantitative estimate of drug-likeness (QED) is 0.799. The van der Waals surface area contributed by atoms with Crippen molar-refractivity contribution in [3.05, 3.63) is 54.6 Å². The summed E-state index contributed by atoms with van der Waals surface area (Å²) in [5, 5.41) is 13.4. The van der Waals surface area contributed by atoms with Gasteiger partial charge >= 0.3 is 12.0 Å². The number of carbonyl (C=O) groups excluding carboxylic acids is 1. The smallest absolute Gasteiger partial charge is 0.323 e. The van der Waals surface area contributed by atoms with Crippen LogP contribution in [-0.2, 0) is 4.79 Å². The fourth-order valence-electron chi connectivity index (χ4n) is 1.78. The number of nitrogens with one attached hydrogen (secondary N) is 2. The van der Waals surface area contributed by atoms with Gasteiger partial charge in [0.05, 0.1) is 5.69 Å². The largest absolute Gasteiger partial charge is 0.480 e. The van der Waals surface area contributed by atoms with Crippen LogP contribution >= 0.6 is 0 Å². The van der Waals surface area contributed by atoms with Crippen LogP contribution in [0.5, 0.6) is 0 Å². The van der Waals surface area contributed by atoms with E-state index in [1.54, 1.807) is 12.1 Å². The minimum absolute atomic E-state index is 0.417. The van der Waals surface area contributed by atoms with E-state index in [0.29, 0.717) is 5.69 Å². The van der Waals surface area contributed by atoms with Crippen molar-refractivity contribution in [2.75, 3.05) is 11.9 Å². The predicted octanol–water partition coefficient (Wildman–Crippen LogP) is 2.56. The van der Waals surface area contributed by atoms with E-state index < -0.39 is 18.5 Å². The van der Waals surface area contributed by atoms with E-state index in [-0.39, 0.29) is 0 Å². The summed E-state index contributed by atoms with van der Waals surface area (Å²) in [6, 6.07) is 16.4. The van der Waals surface area contributed by atoms with Gasteiger partial charge in [0, 0.05) is 5.56 Å². The third kappa shape index (κ3) is 3.58. The van der Waals surface area contributed by atoms with Crippen molar-refractivity contribution in [1.29, 1.82) is 0 Å². The van der Waals surface area contributed by atoms with Crippen molar-refractivity contribution in [1.82, 2.24) is 5.32 Å². The minimum atomic E-state index is -1.09. The van der Waals surface area contributed by atoms with Crippen LogP contribution in [0.1, 0.15) is 0 Å². The van der Waals surface area contributed by atoms with Crippen molar-refractivity contribution in [3.63, 3.8) is 0 Å². The normalized spacial score (nSPS) is 9.80. The molecule has 20 heavy (non-hydrogen) atoms. The summed E-state index contributed by atoms with van der Waals surface area (Å²) in [6.07, 6.45) is 0. The Kier molecular flexibility index (Phi) is 4.34. The number of hydrogen-bond acceptors (Lipinski definition) is 2. The summed E-state index contributed by atoms with van der Waals surface area (Å²) in [5.74, 6) is -1.09. The van der Waals surface area contributed by atoms with Crippen LogP contribution in [0.3, 0.4) is 0 Å². The number of aliphatic carboxylic acids is 1. The highest BCUT2D eigenvalue weighted by molar-refractivity contribution is 5.95. The SMILES string of the molecule is O=C(O)CNC(=O)Nc1ccccc1-c1ccccc1. The molecule has 2 rings (SSSR count). The van der Waals surface area contributed by atoms with Gasteiger partial charge in [0.25, 0.3) is 0 Å². The molecule has 0 fully saturated rings. The molecule has 0 saturated heterocycles. The maximum atomic E-state index is 11.6. The third-order valence-corrected chi connectivity index (χ3v) is 2.66. The number of benzene rings is 2. The second kappa shape index (κ2) is 6.38. The second-order valence-electron chi connectivity index (χ2n) is 4.11. The molecule has 0 bridgehead atoms. The molecule has 0 aliphatic carbocycles. The fraction of sp³-hybridized carbons (Fsp3) is 0.0667. The molecule has 2 amide bonds. The highest BCUT2D eigenvalue weighted by Gasteiger charge is 2.08. The summed E-state index contributed by atoms with van der Waals surface area (Å²) in [4.78, 5) is 22.0. The Morgan fingerprint density at radius 1 is 0.950 bits per heavy atom. The van der Waals surface area contributed by atoms with Crippen molar-refractivity contribution < 1.29 is 14.7 Å². The van der Waals surface area contributed by atoms with Crippen molar-refractivity contribution >= 4 is 17.7 Å². The van der Waals surface area contributed by atoms with Crippen LogP contribution < -0.4 is 10.6 Å². The van der Waals surface area contributed by atoms with Gasteiger partial charge < -0.3 is 15.7 Å². The lowest BCUT2D eigenvalue weighted by Crippen LogP contribution is -2.33. The zero-order valence-electron chi connectivity index (χ0n) is 10.7. The minimum Gasteiger partial charge on any atom is -0.480 e. The zero-order chi connectivity index (χ0) is 14.4. The summed E-state index contributed by atoms with van der Waals surface area (Å²) < 4.78 is 0. The Morgan fingerprint density at radius 3 is 2.30 bits per heavy atom. The van der Waals surface area contributed by atoms with Gasteiger partial charge in [-0.3, -0.25) is 4.79 Å². The highest BCUT2D eigenvalue weighted by atomic mass is 16.4. The molecule has 5 nitrogen and oxygen atoms in total. The molecule has 102 valence electrons. The lowest BCUT2D eigenvalue weighted by atomic mass is 10.0. The number of carboxylic acid groups (broad SMARTS) is 1.